The van der Waals surface area contributed by atoms with E-state index in [1.807, 2.05) is 109 Å². The molecule has 1 saturated carbocycles. The lowest BCUT2D eigenvalue weighted by molar-refractivity contribution is -0.139. The fourth-order valence-corrected chi connectivity index (χ4v) is 5.41. The van der Waals surface area contributed by atoms with E-state index in [-0.39, 0.29) is 18.4 Å². The minimum atomic E-state index is -0.916. The maximum atomic E-state index is 11.8. The number of aromatic nitrogens is 1. The predicted octanol–water partition coefficient (Wildman–Crippen LogP) is 7.02. The summed E-state index contributed by atoms with van der Waals surface area (Å²) < 4.78 is 13.3. The van der Waals surface area contributed by atoms with Crippen molar-refractivity contribution in [3.8, 4) is 11.5 Å². The molecular formula is C35H35NO6. The molecule has 5 rings (SSSR count). The molecule has 3 aromatic carbocycles. The smallest absolute Gasteiger partial charge is 0.323 e. The first-order valence-corrected chi connectivity index (χ1v) is 14.1. The van der Waals surface area contributed by atoms with Crippen molar-refractivity contribution in [2.45, 2.75) is 39.2 Å². The molecule has 1 heterocycles. The van der Waals surface area contributed by atoms with Gasteiger partial charge in [0, 0.05) is 11.1 Å². The average Bonchev–Trinajstić information content (AvgIpc) is 3.68. The van der Waals surface area contributed by atoms with Crippen LogP contribution in [0.25, 0.3) is 23.1 Å². The Labute approximate surface area is 245 Å². The average molecular weight is 566 g/mol. The van der Waals surface area contributed by atoms with Crippen molar-refractivity contribution in [2.75, 3.05) is 13.2 Å². The SMILES string of the molecule is Cc1c(CC2(CC(=O)O)CC2)c2cccc(/C=C/c3ccc(OC/C=C/COc4ccccc4)cc3)c2n1CC(=O)O. The molecule has 0 radical (unpaired) electrons. The summed E-state index contributed by atoms with van der Waals surface area (Å²) in [5.41, 5.74) is 4.44. The largest absolute Gasteiger partial charge is 0.490 e. The maximum Gasteiger partial charge on any atom is 0.323 e. The Hall–Kier alpha value is -4.78. The first kappa shape index (κ1) is 28.7. The lowest BCUT2D eigenvalue weighted by Gasteiger charge is -2.13. The fraction of sp³-hybridized carbons (Fsp3) is 0.257. The van der Waals surface area contributed by atoms with Gasteiger partial charge in [-0.1, -0.05) is 60.7 Å². The number of rotatable bonds is 14. The van der Waals surface area contributed by atoms with Crippen LogP contribution in [0.5, 0.6) is 11.5 Å². The summed E-state index contributed by atoms with van der Waals surface area (Å²) in [5, 5.41) is 20.1. The summed E-state index contributed by atoms with van der Waals surface area (Å²) in [6.07, 6.45) is 10.4. The number of nitrogens with zero attached hydrogens (tertiary/aromatic N) is 1. The van der Waals surface area contributed by atoms with E-state index in [2.05, 4.69) is 0 Å². The molecule has 1 aliphatic rings. The number of carboxylic acid groups (broad SMARTS) is 2. The minimum Gasteiger partial charge on any atom is -0.490 e. The number of ether oxygens (including phenoxy) is 2. The van der Waals surface area contributed by atoms with Gasteiger partial charge in [0.25, 0.3) is 0 Å². The van der Waals surface area contributed by atoms with Crippen LogP contribution in [0.4, 0.5) is 0 Å². The Balaban J connectivity index is 1.28. The monoisotopic (exact) mass is 565 g/mol. The van der Waals surface area contributed by atoms with E-state index >= 15 is 0 Å². The first-order valence-electron chi connectivity index (χ1n) is 14.1. The van der Waals surface area contributed by atoms with Crippen LogP contribution in [0.3, 0.4) is 0 Å². The third-order valence-electron chi connectivity index (χ3n) is 7.77. The van der Waals surface area contributed by atoms with Crippen LogP contribution in [-0.2, 0) is 22.6 Å². The number of para-hydroxylation sites is 2. The van der Waals surface area contributed by atoms with Gasteiger partial charge >= 0.3 is 11.9 Å². The Kier molecular flexibility index (Phi) is 8.77. The van der Waals surface area contributed by atoms with E-state index in [1.54, 1.807) is 0 Å². The molecule has 0 aliphatic heterocycles. The summed E-state index contributed by atoms with van der Waals surface area (Å²) >= 11 is 0. The van der Waals surface area contributed by atoms with Crippen molar-refractivity contribution in [3.05, 3.63) is 107 Å². The van der Waals surface area contributed by atoms with Crippen molar-refractivity contribution < 1.29 is 29.3 Å². The molecule has 0 saturated heterocycles. The van der Waals surface area contributed by atoms with Crippen LogP contribution in [0.15, 0.2) is 84.9 Å². The lowest BCUT2D eigenvalue weighted by atomic mass is 9.91. The minimum absolute atomic E-state index is 0.135. The van der Waals surface area contributed by atoms with Gasteiger partial charge in [-0.25, -0.2) is 0 Å². The Morgan fingerprint density at radius 3 is 2.12 bits per heavy atom. The second kappa shape index (κ2) is 12.8. The van der Waals surface area contributed by atoms with Gasteiger partial charge in [-0.15, -0.1) is 0 Å². The van der Waals surface area contributed by atoms with Crippen LogP contribution in [0, 0.1) is 12.3 Å². The molecule has 0 spiro atoms. The summed E-state index contributed by atoms with van der Waals surface area (Å²) in [4.78, 5) is 23.3. The van der Waals surface area contributed by atoms with Gasteiger partial charge in [-0.2, -0.15) is 0 Å². The summed E-state index contributed by atoms with van der Waals surface area (Å²) in [6, 6.07) is 23.4. The van der Waals surface area contributed by atoms with Gasteiger partial charge in [0.1, 0.15) is 31.3 Å². The molecule has 4 aromatic rings. The predicted molar refractivity (Wildman–Crippen MR) is 164 cm³/mol. The number of carboxylic acids is 2. The van der Waals surface area contributed by atoms with Crippen LogP contribution < -0.4 is 9.47 Å². The van der Waals surface area contributed by atoms with Crippen molar-refractivity contribution in [1.29, 1.82) is 0 Å². The molecule has 1 aliphatic carbocycles. The first-order chi connectivity index (χ1) is 20.3. The molecule has 1 fully saturated rings. The summed E-state index contributed by atoms with van der Waals surface area (Å²) in [7, 11) is 0. The molecular weight excluding hydrogens is 530 g/mol. The highest BCUT2D eigenvalue weighted by Crippen LogP contribution is 2.52. The van der Waals surface area contributed by atoms with Crippen LogP contribution >= 0.6 is 0 Å². The van der Waals surface area contributed by atoms with Gasteiger partial charge in [-0.3, -0.25) is 9.59 Å². The number of benzene rings is 3. The number of hydrogen-bond donors (Lipinski definition) is 2. The van der Waals surface area contributed by atoms with Crippen molar-refractivity contribution in [1.82, 2.24) is 4.57 Å². The van der Waals surface area contributed by atoms with E-state index < -0.39 is 11.9 Å². The quantitative estimate of drug-likeness (QED) is 0.126. The Morgan fingerprint density at radius 1 is 0.833 bits per heavy atom. The van der Waals surface area contributed by atoms with Crippen LogP contribution in [0.1, 0.15) is 41.6 Å². The van der Waals surface area contributed by atoms with Crippen molar-refractivity contribution in [2.24, 2.45) is 5.41 Å². The van der Waals surface area contributed by atoms with Gasteiger partial charge in [0.2, 0.25) is 0 Å². The number of carbonyl (C=O) groups is 2. The van der Waals surface area contributed by atoms with E-state index in [1.165, 1.54) is 0 Å². The second-order valence-electron chi connectivity index (χ2n) is 10.8. The van der Waals surface area contributed by atoms with E-state index in [0.29, 0.717) is 19.6 Å². The highest BCUT2D eigenvalue weighted by molar-refractivity contribution is 5.95. The lowest BCUT2D eigenvalue weighted by Crippen LogP contribution is -2.13. The summed E-state index contributed by atoms with van der Waals surface area (Å²) in [6.45, 7) is 2.69. The van der Waals surface area contributed by atoms with Gasteiger partial charge in [-0.05, 0) is 84.7 Å². The highest BCUT2D eigenvalue weighted by Gasteiger charge is 2.45. The normalized spacial score (nSPS) is 14.0. The molecule has 7 heteroatoms. The van der Waals surface area contributed by atoms with Crippen molar-refractivity contribution in [3.63, 3.8) is 0 Å². The molecule has 7 nitrogen and oxygen atoms in total. The molecule has 42 heavy (non-hydrogen) atoms. The number of aliphatic carboxylic acids is 2. The third kappa shape index (κ3) is 7.10. The molecule has 1 aromatic heterocycles. The van der Waals surface area contributed by atoms with Crippen LogP contribution in [0.2, 0.25) is 0 Å². The Morgan fingerprint density at radius 2 is 1.50 bits per heavy atom. The zero-order valence-corrected chi connectivity index (χ0v) is 23.7. The number of hydrogen-bond acceptors (Lipinski definition) is 4. The molecule has 2 N–H and O–H groups in total. The zero-order valence-electron chi connectivity index (χ0n) is 23.7. The van der Waals surface area contributed by atoms with Gasteiger partial charge < -0.3 is 24.3 Å². The van der Waals surface area contributed by atoms with Gasteiger partial charge in [0.05, 0.1) is 11.9 Å². The fourth-order valence-electron chi connectivity index (χ4n) is 5.41. The van der Waals surface area contributed by atoms with Crippen molar-refractivity contribution >= 4 is 35.0 Å². The zero-order chi connectivity index (χ0) is 29.5. The number of fused-ring (bicyclic) bond motifs is 1. The van der Waals surface area contributed by atoms with E-state index in [9.17, 15) is 19.8 Å². The standard InChI is InChI=1S/C35H35NO6/c1-25-31(22-35(18-19-35)23-32(37)38)30-11-7-8-27(34(30)36(25)24-33(39)40)15-12-26-13-16-29(17-14-26)42-21-6-5-20-41-28-9-3-2-4-10-28/h2-17H,18-24H2,1H3,(H,37,38)(H,39,40)/b6-5+,15-12+. The maximum absolute atomic E-state index is 11.8. The Bertz CT molecular complexity index is 1610. The highest BCUT2D eigenvalue weighted by atomic mass is 16.5. The van der Waals surface area contributed by atoms with Gasteiger partial charge in [0.15, 0.2) is 0 Å². The van der Waals surface area contributed by atoms with Crippen LogP contribution in [-0.4, -0.2) is 39.9 Å². The van der Waals surface area contributed by atoms with E-state index in [4.69, 9.17) is 9.47 Å². The molecule has 0 bridgehead atoms. The second-order valence-corrected chi connectivity index (χ2v) is 10.8. The third-order valence-corrected chi connectivity index (χ3v) is 7.77. The molecule has 0 unspecified atom stereocenters. The molecule has 216 valence electrons. The summed E-state index contributed by atoms with van der Waals surface area (Å²) in [5.74, 6) is -0.115. The molecule has 0 atom stereocenters. The topological polar surface area (TPSA) is 98.0 Å². The molecule has 0 amide bonds. The van der Waals surface area contributed by atoms with E-state index in [0.717, 1.165) is 57.6 Å².